The van der Waals surface area contributed by atoms with Crippen molar-refractivity contribution in [1.82, 2.24) is 10.2 Å². The molecule has 0 unspecified atom stereocenters. The van der Waals surface area contributed by atoms with Crippen LogP contribution in [0.4, 0.5) is 0 Å². The average Bonchev–Trinajstić information content (AvgIpc) is 2.76. The lowest BCUT2D eigenvalue weighted by atomic mass is 10.1. The van der Waals surface area contributed by atoms with Gasteiger partial charge in [0.1, 0.15) is 11.8 Å². The van der Waals surface area contributed by atoms with Crippen LogP contribution in [0.1, 0.15) is 56.7 Å². The first-order valence-electron chi connectivity index (χ1n) is 11.1. The van der Waals surface area contributed by atoms with Gasteiger partial charge in [0.2, 0.25) is 11.8 Å². The van der Waals surface area contributed by atoms with Crippen molar-refractivity contribution in [2.75, 3.05) is 6.61 Å². The molecule has 2 amide bonds. The number of aryl methyl sites for hydroxylation is 2. The lowest BCUT2D eigenvalue weighted by Crippen LogP contribution is -2.49. The number of ether oxygens (including phenoxy) is 1. The van der Waals surface area contributed by atoms with Crippen LogP contribution in [0.15, 0.2) is 48.5 Å². The van der Waals surface area contributed by atoms with Crippen molar-refractivity contribution in [3.05, 3.63) is 65.2 Å². The summed E-state index contributed by atoms with van der Waals surface area (Å²) in [6.07, 6.45) is 1.77. The number of carbonyl (C=O) groups excluding carboxylic acids is 2. The summed E-state index contributed by atoms with van der Waals surface area (Å²) in [6.45, 7) is 10.7. The molecular weight excluding hydrogens is 388 g/mol. The zero-order valence-electron chi connectivity index (χ0n) is 19.5. The van der Waals surface area contributed by atoms with Crippen LogP contribution in [0, 0.1) is 13.8 Å². The van der Waals surface area contributed by atoms with Crippen LogP contribution in [0.2, 0.25) is 0 Å². The highest BCUT2D eigenvalue weighted by molar-refractivity contribution is 5.87. The Kier molecular flexibility index (Phi) is 9.57. The Balaban J connectivity index is 1.99. The van der Waals surface area contributed by atoms with Crippen molar-refractivity contribution >= 4 is 11.8 Å². The van der Waals surface area contributed by atoms with E-state index in [1.165, 1.54) is 5.56 Å². The maximum absolute atomic E-state index is 13.1. The molecule has 31 heavy (non-hydrogen) atoms. The number of benzene rings is 2. The third kappa shape index (κ3) is 8.08. The molecule has 0 aliphatic heterocycles. The van der Waals surface area contributed by atoms with E-state index < -0.39 is 6.04 Å². The van der Waals surface area contributed by atoms with Gasteiger partial charge in [-0.25, -0.2) is 0 Å². The molecule has 5 heteroatoms. The zero-order chi connectivity index (χ0) is 22.8. The molecule has 0 aliphatic carbocycles. The summed E-state index contributed by atoms with van der Waals surface area (Å²) in [5, 5.41) is 3.00. The quantitative estimate of drug-likeness (QED) is 0.528. The second-order valence-corrected chi connectivity index (χ2v) is 8.27. The third-order valence-corrected chi connectivity index (χ3v) is 5.47. The number of carbonyl (C=O) groups is 2. The van der Waals surface area contributed by atoms with Crippen LogP contribution in [0.5, 0.6) is 5.75 Å². The molecular formula is C26H36N2O3. The van der Waals surface area contributed by atoms with E-state index in [9.17, 15) is 9.59 Å². The number of hydrogen-bond donors (Lipinski definition) is 1. The Morgan fingerprint density at radius 2 is 1.55 bits per heavy atom. The van der Waals surface area contributed by atoms with Crippen LogP contribution in [-0.2, 0) is 16.1 Å². The van der Waals surface area contributed by atoms with E-state index in [1.54, 1.807) is 11.8 Å². The van der Waals surface area contributed by atoms with Gasteiger partial charge >= 0.3 is 0 Å². The van der Waals surface area contributed by atoms with Crippen LogP contribution in [-0.4, -0.2) is 35.4 Å². The van der Waals surface area contributed by atoms with E-state index in [1.807, 2.05) is 76.2 Å². The highest BCUT2D eigenvalue weighted by atomic mass is 16.5. The molecule has 0 aromatic heterocycles. The molecule has 2 aromatic carbocycles. The van der Waals surface area contributed by atoms with Crippen molar-refractivity contribution in [3.63, 3.8) is 0 Å². The molecule has 0 spiro atoms. The fraction of sp³-hybridized carbons (Fsp3) is 0.462. The Labute approximate surface area is 186 Å². The molecule has 5 nitrogen and oxygen atoms in total. The molecule has 0 fully saturated rings. The van der Waals surface area contributed by atoms with E-state index in [0.717, 1.165) is 23.3 Å². The number of rotatable bonds is 11. The fourth-order valence-electron chi connectivity index (χ4n) is 3.13. The van der Waals surface area contributed by atoms with E-state index in [2.05, 4.69) is 5.32 Å². The summed E-state index contributed by atoms with van der Waals surface area (Å²) in [5.74, 6) is 0.640. The van der Waals surface area contributed by atoms with Crippen molar-refractivity contribution in [2.24, 2.45) is 0 Å². The number of amides is 2. The SMILES string of the molecule is CC[C@H](C)NC(=O)[C@H](C)N(Cc1ccc(C)cc1)C(=O)CCCOc1ccc(C)cc1. The summed E-state index contributed by atoms with van der Waals surface area (Å²) >= 11 is 0. The minimum Gasteiger partial charge on any atom is -0.494 e. The number of hydrogen-bond acceptors (Lipinski definition) is 3. The lowest BCUT2D eigenvalue weighted by Gasteiger charge is -2.30. The van der Waals surface area contributed by atoms with E-state index in [-0.39, 0.29) is 17.9 Å². The second-order valence-electron chi connectivity index (χ2n) is 8.27. The first-order chi connectivity index (χ1) is 14.8. The van der Waals surface area contributed by atoms with Crippen LogP contribution < -0.4 is 10.1 Å². The van der Waals surface area contributed by atoms with Crippen LogP contribution in [0.3, 0.4) is 0 Å². The van der Waals surface area contributed by atoms with E-state index in [0.29, 0.717) is 26.0 Å². The molecule has 0 saturated heterocycles. The van der Waals surface area contributed by atoms with Gasteiger partial charge in [0.05, 0.1) is 6.61 Å². The minimum atomic E-state index is -0.541. The third-order valence-electron chi connectivity index (χ3n) is 5.47. The van der Waals surface area contributed by atoms with Gasteiger partial charge in [-0.15, -0.1) is 0 Å². The smallest absolute Gasteiger partial charge is 0.242 e. The number of nitrogens with one attached hydrogen (secondary N) is 1. The van der Waals surface area contributed by atoms with E-state index in [4.69, 9.17) is 4.74 Å². The summed E-state index contributed by atoms with van der Waals surface area (Å²) in [7, 11) is 0. The molecule has 0 saturated carbocycles. The standard InChI is InChI=1S/C26H36N2O3/c1-6-21(4)27-26(30)22(5)28(18-23-13-9-19(2)10-14-23)25(29)8-7-17-31-24-15-11-20(3)12-16-24/h9-16,21-22H,6-8,17-18H2,1-5H3,(H,27,30)/t21-,22-/m0/s1. The Morgan fingerprint density at radius 1 is 0.968 bits per heavy atom. The highest BCUT2D eigenvalue weighted by Gasteiger charge is 2.26. The fourth-order valence-corrected chi connectivity index (χ4v) is 3.13. The average molecular weight is 425 g/mol. The molecule has 2 atom stereocenters. The van der Waals surface area contributed by atoms with Gasteiger partial charge in [0.25, 0.3) is 0 Å². The molecule has 168 valence electrons. The predicted octanol–water partition coefficient (Wildman–Crippen LogP) is 4.79. The van der Waals surface area contributed by atoms with Gasteiger partial charge in [-0.3, -0.25) is 9.59 Å². The zero-order valence-corrected chi connectivity index (χ0v) is 19.5. The maximum Gasteiger partial charge on any atom is 0.242 e. The predicted molar refractivity (Wildman–Crippen MR) is 125 cm³/mol. The van der Waals surface area contributed by atoms with Crippen molar-refractivity contribution in [3.8, 4) is 5.75 Å². The van der Waals surface area contributed by atoms with Gasteiger partial charge in [-0.1, -0.05) is 54.4 Å². The monoisotopic (exact) mass is 424 g/mol. The number of nitrogens with zero attached hydrogens (tertiary/aromatic N) is 1. The Hall–Kier alpha value is -2.82. The van der Waals surface area contributed by atoms with Gasteiger partial charge in [-0.2, -0.15) is 0 Å². The van der Waals surface area contributed by atoms with Crippen molar-refractivity contribution in [2.45, 2.75) is 72.5 Å². The van der Waals surface area contributed by atoms with Crippen LogP contribution >= 0.6 is 0 Å². The van der Waals surface area contributed by atoms with Gasteiger partial charge < -0.3 is 15.0 Å². The van der Waals surface area contributed by atoms with Crippen molar-refractivity contribution in [1.29, 1.82) is 0 Å². The highest BCUT2D eigenvalue weighted by Crippen LogP contribution is 2.15. The van der Waals surface area contributed by atoms with Gasteiger partial charge in [0.15, 0.2) is 0 Å². The first-order valence-corrected chi connectivity index (χ1v) is 11.1. The Morgan fingerprint density at radius 3 is 2.13 bits per heavy atom. The lowest BCUT2D eigenvalue weighted by molar-refractivity contribution is -0.141. The molecule has 2 aromatic rings. The van der Waals surface area contributed by atoms with Gasteiger partial charge in [-0.05, 0) is 58.2 Å². The van der Waals surface area contributed by atoms with E-state index >= 15 is 0 Å². The Bertz CT molecular complexity index is 831. The molecule has 0 radical (unpaired) electrons. The van der Waals surface area contributed by atoms with Crippen molar-refractivity contribution < 1.29 is 14.3 Å². The summed E-state index contributed by atoms with van der Waals surface area (Å²) in [6, 6.07) is 15.5. The molecule has 0 heterocycles. The van der Waals surface area contributed by atoms with Gasteiger partial charge in [0, 0.05) is 19.0 Å². The summed E-state index contributed by atoms with van der Waals surface area (Å²) < 4.78 is 5.75. The molecule has 0 aliphatic rings. The maximum atomic E-state index is 13.1. The molecule has 1 N–H and O–H groups in total. The normalized spacial score (nSPS) is 12.7. The summed E-state index contributed by atoms with van der Waals surface area (Å²) in [4.78, 5) is 27.5. The molecule has 2 rings (SSSR count). The minimum absolute atomic E-state index is 0.0418. The largest absolute Gasteiger partial charge is 0.494 e. The second kappa shape index (κ2) is 12.1. The van der Waals surface area contributed by atoms with Crippen LogP contribution in [0.25, 0.3) is 0 Å². The molecule has 0 bridgehead atoms. The first kappa shape index (κ1) is 24.4. The topological polar surface area (TPSA) is 58.6 Å². The summed E-state index contributed by atoms with van der Waals surface area (Å²) in [5.41, 5.74) is 3.36.